The van der Waals surface area contributed by atoms with Gasteiger partial charge in [-0.2, -0.15) is 0 Å². The van der Waals surface area contributed by atoms with E-state index in [0.29, 0.717) is 21.6 Å². The smallest absolute Gasteiger partial charge is 0.246 e. The number of carbonyl (C=O) groups is 1. The monoisotopic (exact) mass is 296 g/mol. The van der Waals surface area contributed by atoms with Gasteiger partial charge in [0.15, 0.2) is 0 Å². The van der Waals surface area contributed by atoms with Crippen molar-refractivity contribution in [3.63, 3.8) is 0 Å². The van der Waals surface area contributed by atoms with Gasteiger partial charge in [0.2, 0.25) is 4.45 Å². The van der Waals surface area contributed by atoms with Crippen LogP contribution in [-0.2, 0) is 5.75 Å². The second-order valence-electron chi connectivity index (χ2n) is 2.85. The Hall–Kier alpha value is 0.130. The maximum atomic E-state index is 11.3. The summed E-state index contributed by atoms with van der Waals surface area (Å²) >= 11 is 14.0. The van der Waals surface area contributed by atoms with Gasteiger partial charge in [-0.25, -0.2) is 0 Å². The second-order valence-corrected chi connectivity index (χ2v) is 5.96. The molecule has 0 amide bonds. The summed E-state index contributed by atoms with van der Waals surface area (Å²) in [4.78, 5) is 11.3. The summed E-state index contributed by atoms with van der Waals surface area (Å²) in [5.74, 6) is 0.952. The fraction of sp³-hybridized carbons (Fsp3) is 0.300. The Morgan fingerprint density at radius 2 is 2.06 bits per heavy atom. The molecule has 0 aliphatic rings. The number of carbonyl (C=O) groups excluding carboxylic acids is 1. The third kappa shape index (κ3) is 4.97. The molecular weight excluding hydrogens is 287 g/mol. The summed E-state index contributed by atoms with van der Waals surface area (Å²) in [7, 11) is 0. The molecule has 1 rings (SSSR count). The zero-order chi connectivity index (χ0) is 12.0. The highest BCUT2D eigenvalue weighted by molar-refractivity contribution is 8.38. The molecule has 6 heteroatoms. The predicted octanol–water partition coefficient (Wildman–Crippen LogP) is 4.07. The van der Waals surface area contributed by atoms with Crippen LogP contribution in [0.25, 0.3) is 0 Å². The number of halogens is 2. The topological polar surface area (TPSA) is 37.3 Å². The Morgan fingerprint density at radius 3 is 2.69 bits per heavy atom. The maximum Gasteiger partial charge on any atom is 0.246 e. The molecule has 2 nitrogen and oxygen atoms in total. The molecule has 0 heterocycles. The van der Waals surface area contributed by atoms with Crippen molar-refractivity contribution in [2.75, 3.05) is 12.4 Å². The van der Waals surface area contributed by atoms with Gasteiger partial charge in [-0.05, 0) is 17.7 Å². The lowest BCUT2D eigenvalue weighted by Gasteiger charge is -2.03. The van der Waals surface area contributed by atoms with Crippen molar-refractivity contribution < 1.29 is 9.90 Å². The van der Waals surface area contributed by atoms with Crippen LogP contribution in [0.4, 0.5) is 4.79 Å². The Labute approximate surface area is 113 Å². The Morgan fingerprint density at radius 1 is 1.31 bits per heavy atom. The fourth-order valence-corrected chi connectivity index (χ4v) is 3.04. The van der Waals surface area contributed by atoms with E-state index in [1.54, 1.807) is 12.1 Å². The standard InChI is InChI=1S/C10H10Cl2O2S2/c11-8-2-1-7(9(12)5-8)6-16-10(14)15-4-3-13/h1-2,5,13H,3-4,6H2. The van der Waals surface area contributed by atoms with Crippen LogP contribution >= 0.6 is 46.7 Å². The fourth-order valence-electron chi connectivity index (χ4n) is 0.946. The molecule has 0 saturated carbocycles. The van der Waals surface area contributed by atoms with Crippen LogP contribution < -0.4 is 0 Å². The summed E-state index contributed by atoms with van der Waals surface area (Å²) < 4.78 is -0.0138. The highest BCUT2D eigenvalue weighted by Crippen LogP contribution is 2.27. The zero-order valence-electron chi connectivity index (χ0n) is 8.28. The lowest BCUT2D eigenvalue weighted by Crippen LogP contribution is -1.91. The van der Waals surface area contributed by atoms with Crippen molar-refractivity contribution in [2.45, 2.75) is 5.75 Å². The van der Waals surface area contributed by atoms with Gasteiger partial charge in [-0.15, -0.1) is 0 Å². The SMILES string of the molecule is O=C(SCCO)SCc1ccc(Cl)cc1Cl. The van der Waals surface area contributed by atoms with Crippen molar-refractivity contribution in [3.8, 4) is 0 Å². The van der Waals surface area contributed by atoms with E-state index in [-0.39, 0.29) is 11.1 Å². The number of rotatable bonds is 4. The van der Waals surface area contributed by atoms with Crippen molar-refractivity contribution in [1.29, 1.82) is 0 Å². The molecule has 0 unspecified atom stereocenters. The normalized spacial score (nSPS) is 10.4. The molecule has 1 aromatic rings. The van der Waals surface area contributed by atoms with Crippen LogP contribution in [0.15, 0.2) is 18.2 Å². The van der Waals surface area contributed by atoms with Gasteiger partial charge in [0.25, 0.3) is 0 Å². The number of aliphatic hydroxyl groups excluding tert-OH is 1. The molecule has 0 spiro atoms. The van der Waals surface area contributed by atoms with Crippen LogP contribution in [0.1, 0.15) is 5.56 Å². The van der Waals surface area contributed by atoms with E-state index in [4.69, 9.17) is 28.3 Å². The third-order valence-corrected chi connectivity index (χ3v) is 4.28. The second kappa shape index (κ2) is 7.45. The van der Waals surface area contributed by atoms with Crippen LogP contribution in [-0.4, -0.2) is 21.9 Å². The van der Waals surface area contributed by atoms with Gasteiger partial charge in [0.05, 0.1) is 6.61 Å². The van der Waals surface area contributed by atoms with Crippen LogP contribution in [0, 0.1) is 0 Å². The predicted molar refractivity (Wildman–Crippen MR) is 72.7 cm³/mol. The summed E-state index contributed by atoms with van der Waals surface area (Å²) in [6, 6.07) is 5.21. The minimum absolute atomic E-state index is 0.0126. The molecule has 0 saturated heterocycles. The maximum absolute atomic E-state index is 11.3. The first-order valence-corrected chi connectivity index (χ1v) is 7.20. The van der Waals surface area contributed by atoms with E-state index in [0.717, 1.165) is 17.3 Å². The third-order valence-electron chi connectivity index (χ3n) is 1.67. The van der Waals surface area contributed by atoms with Gasteiger partial charge in [0, 0.05) is 21.6 Å². The first-order chi connectivity index (χ1) is 7.63. The van der Waals surface area contributed by atoms with Crippen molar-refractivity contribution in [2.24, 2.45) is 0 Å². The average Bonchev–Trinajstić information content (AvgIpc) is 2.25. The summed E-state index contributed by atoms with van der Waals surface area (Å²) in [5.41, 5.74) is 0.883. The lowest BCUT2D eigenvalue weighted by atomic mass is 10.2. The highest BCUT2D eigenvalue weighted by atomic mass is 35.5. The van der Waals surface area contributed by atoms with Crippen LogP contribution in [0.3, 0.4) is 0 Å². The average molecular weight is 297 g/mol. The first kappa shape index (κ1) is 14.2. The largest absolute Gasteiger partial charge is 0.396 e. The Balaban J connectivity index is 2.45. The molecule has 1 N–H and O–H groups in total. The van der Waals surface area contributed by atoms with Crippen LogP contribution in [0.2, 0.25) is 10.0 Å². The molecule has 0 aliphatic heterocycles. The molecule has 88 valence electrons. The number of aliphatic hydroxyl groups is 1. The molecule has 0 aromatic heterocycles. The molecular formula is C10H10Cl2O2S2. The van der Waals surface area contributed by atoms with E-state index >= 15 is 0 Å². The van der Waals surface area contributed by atoms with Crippen molar-refractivity contribution in [1.82, 2.24) is 0 Å². The minimum atomic E-state index is -0.0138. The number of thioether (sulfide) groups is 2. The van der Waals surface area contributed by atoms with Gasteiger partial charge in [-0.3, -0.25) is 4.79 Å². The molecule has 0 fully saturated rings. The van der Waals surface area contributed by atoms with E-state index in [1.807, 2.05) is 6.07 Å². The summed E-state index contributed by atoms with van der Waals surface area (Å²) in [5, 5.41) is 9.71. The van der Waals surface area contributed by atoms with E-state index < -0.39 is 0 Å². The minimum Gasteiger partial charge on any atom is -0.396 e. The van der Waals surface area contributed by atoms with Gasteiger partial charge >= 0.3 is 0 Å². The van der Waals surface area contributed by atoms with Crippen molar-refractivity contribution in [3.05, 3.63) is 33.8 Å². The Kier molecular flexibility index (Phi) is 6.61. The van der Waals surface area contributed by atoms with E-state index in [2.05, 4.69) is 0 Å². The lowest BCUT2D eigenvalue weighted by molar-refractivity contribution is 0.276. The molecule has 0 bridgehead atoms. The summed E-state index contributed by atoms with van der Waals surface area (Å²) in [6.45, 7) is 0.0126. The molecule has 16 heavy (non-hydrogen) atoms. The summed E-state index contributed by atoms with van der Waals surface area (Å²) in [6.07, 6.45) is 0. The van der Waals surface area contributed by atoms with E-state index in [9.17, 15) is 4.79 Å². The molecule has 0 aliphatic carbocycles. The van der Waals surface area contributed by atoms with Gasteiger partial charge in [0.1, 0.15) is 0 Å². The van der Waals surface area contributed by atoms with Gasteiger partial charge in [-0.1, -0.05) is 52.8 Å². The van der Waals surface area contributed by atoms with Crippen molar-refractivity contribution >= 4 is 51.2 Å². The molecule has 0 atom stereocenters. The van der Waals surface area contributed by atoms with E-state index in [1.165, 1.54) is 11.8 Å². The number of hydrogen-bond acceptors (Lipinski definition) is 4. The molecule has 1 aromatic carbocycles. The zero-order valence-corrected chi connectivity index (χ0v) is 11.4. The van der Waals surface area contributed by atoms with Crippen LogP contribution in [0.5, 0.6) is 0 Å². The highest BCUT2D eigenvalue weighted by Gasteiger charge is 2.06. The first-order valence-electron chi connectivity index (χ1n) is 4.48. The number of benzene rings is 1. The number of hydrogen-bond donors (Lipinski definition) is 1. The Bertz CT molecular complexity index is 372. The molecule has 0 radical (unpaired) electrons. The van der Waals surface area contributed by atoms with Gasteiger partial charge < -0.3 is 5.11 Å². The quantitative estimate of drug-likeness (QED) is 0.909.